The van der Waals surface area contributed by atoms with E-state index in [1.807, 2.05) is 184 Å². The van der Waals surface area contributed by atoms with E-state index in [4.69, 9.17) is 29.9 Å². The monoisotopic (exact) mass is 1000 g/mol. The SMILES string of the molecule is Cc1cc2nc3c4nc5cc(C)c(C)cc5nc4c4nc5cc(C)c(C)cc5nc4c3nc2cc1C.[CH]1C=CC=C1.[CH]1C=CC=C1.[CH]1C=CC=C1.[CH]1C=CC=C1.[CH]1C=CC=C1.[CH]1C=CC=C1.[Ti].[Ti].[Ti]. The molecule has 4 aromatic carbocycles. The Kier molecular flexibility index (Phi) is 23.7. The second kappa shape index (κ2) is 29.0. The van der Waals surface area contributed by atoms with E-state index < -0.39 is 0 Å². The van der Waals surface area contributed by atoms with E-state index in [2.05, 4.69) is 77.9 Å². The van der Waals surface area contributed by atoms with Crippen LogP contribution in [-0.4, -0.2) is 29.9 Å². The first-order valence-corrected chi connectivity index (χ1v) is 22.1. The van der Waals surface area contributed by atoms with Crippen LogP contribution >= 0.6 is 0 Å². The fraction of sp³-hybridized carbons (Fsp3) is 0.100. The van der Waals surface area contributed by atoms with Crippen LogP contribution in [0.25, 0.3) is 66.2 Å². The maximum Gasteiger partial charge on any atom is 0.120 e. The molecule has 13 rings (SSSR count). The number of nitrogens with zero attached hydrogens (tertiary/aromatic N) is 6. The van der Waals surface area contributed by atoms with Crippen LogP contribution in [-0.2, 0) is 65.2 Å². The molecule has 0 N–H and O–H groups in total. The number of aryl methyl sites for hydroxylation is 6. The van der Waals surface area contributed by atoms with Gasteiger partial charge in [0.1, 0.15) is 33.1 Å². The average molecular weight is 1000 g/mol. The molecule has 7 aromatic rings. The summed E-state index contributed by atoms with van der Waals surface area (Å²) >= 11 is 0. The van der Waals surface area contributed by atoms with Gasteiger partial charge in [-0.3, -0.25) is 0 Å². The fourth-order valence-electron chi connectivity index (χ4n) is 6.85. The molecule has 336 valence electrons. The number of allylic oxidation sites excluding steroid dienone is 24. The Morgan fingerprint density at radius 2 is 0.304 bits per heavy atom. The Balaban J connectivity index is 0.000000251. The molecule has 3 aromatic heterocycles. The molecule has 0 amide bonds. The van der Waals surface area contributed by atoms with Crippen LogP contribution in [0.5, 0.6) is 0 Å². The molecule has 6 radical (unpaired) electrons. The van der Waals surface area contributed by atoms with Gasteiger partial charge in [-0.1, -0.05) is 146 Å². The summed E-state index contributed by atoms with van der Waals surface area (Å²) in [5.74, 6) is 0. The molecule has 6 aliphatic rings. The van der Waals surface area contributed by atoms with Crippen LogP contribution in [0.2, 0.25) is 0 Å². The van der Waals surface area contributed by atoms with E-state index >= 15 is 0 Å². The molecular formula is C60H54N6Ti3. The Bertz CT molecular complexity index is 2620. The summed E-state index contributed by atoms with van der Waals surface area (Å²) in [5.41, 5.74) is 16.4. The van der Waals surface area contributed by atoms with E-state index in [1.165, 1.54) is 33.4 Å². The van der Waals surface area contributed by atoms with Gasteiger partial charge < -0.3 is 0 Å². The van der Waals surface area contributed by atoms with Gasteiger partial charge in [-0.25, -0.2) is 29.9 Å². The van der Waals surface area contributed by atoms with Crippen LogP contribution < -0.4 is 0 Å². The molecule has 69 heavy (non-hydrogen) atoms. The second-order valence-electron chi connectivity index (χ2n) is 15.8. The molecule has 0 bridgehead atoms. The van der Waals surface area contributed by atoms with Gasteiger partial charge in [-0.05, 0) is 111 Å². The topological polar surface area (TPSA) is 77.3 Å². The Hall–Kier alpha value is -5.30. The first kappa shape index (κ1) is 56.3. The zero-order valence-corrected chi connectivity index (χ0v) is 44.7. The molecule has 0 saturated heterocycles. The maximum absolute atomic E-state index is 5.08. The first-order valence-electron chi connectivity index (χ1n) is 22.1. The number of rotatable bonds is 0. The van der Waals surface area contributed by atoms with Crippen molar-refractivity contribution in [1.82, 2.24) is 29.9 Å². The Morgan fingerprint density at radius 3 is 0.391 bits per heavy atom. The van der Waals surface area contributed by atoms with Crippen molar-refractivity contribution < 1.29 is 65.2 Å². The predicted octanol–water partition coefficient (Wildman–Crippen LogP) is 14.7. The summed E-state index contributed by atoms with van der Waals surface area (Å²) in [5, 5.41) is 0. The summed E-state index contributed by atoms with van der Waals surface area (Å²) in [7, 11) is 0. The van der Waals surface area contributed by atoms with E-state index in [1.54, 1.807) is 0 Å². The number of fused-ring (bicyclic) bond motifs is 9. The summed E-state index contributed by atoms with van der Waals surface area (Å²) < 4.78 is 0. The summed E-state index contributed by atoms with van der Waals surface area (Å²) in [6, 6.07) is 12.5. The van der Waals surface area contributed by atoms with Gasteiger partial charge in [0.15, 0.2) is 0 Å². The van der Waals surface area contributed by atoms with Crippen LogP contribution in [0.3, 0.4) is 0 Å². The number of aromatic nitrogens is 6. The second-order valence-corrected chi connectivity index (χ2v) is 15.8. The van der Waals surface area contributed by atoms with E-state index in [0.717, 1.165) is 33.1 Å². The van der Waals surface area contributed by atoms with Crippen molar-refractivity contribution >= 4 is 66.2 Å². The van der Waals surface area contributed by atoms with E-state index in [-0.39, 0.29) is 65.2 Å². The third-order valence-corrected chi connectivity index (χ3v) is 10.8. The van der Waals surface area contributed by atoms with Gasteiger partial charge in [0.25, 0.3) is 0 Å². The van der Waals surface area contributed by atoms with Crippen LogP contribution in [0.15, 0.2) is 182 Å². The Labute approximate surface area is 453 Å². The van der Waals surface area contributed by atoms with Crippen LogP contribution in [0.1, 0.15) is 33.4 Å². The molecular weight excluding hydrogens is 948 g/mol. The summed E-state index contributed by atoms with van der Waals surface area (Å²) in [6.45, 7) is 12.6. The van der Waals surface area contributed by atoms with Crippen molar-refractivity contribution in [2.45, 2.75) is 41.5 Å². The molecule has 6 nitrogen and oxygen atoms in total. The van der Waals surface area contributed by atoms with E-state index in [9.17, 15) is 0 Å². The fourth-order valence-corrected chi connectivity index (χ4v) is 6.85. The minimum absolute atomic E-state index is 0. The molecule has 0 unspecified atom stereocenters. The van der Waals surface area contributed by atoms with Crippen molar-refractivity contribution in [2.24, 2.45) is 0 Å². The van der Waals surface area contributed by atoms with Gasteiger partial charge in [0.05, 0.1) is 33.1 Å². The molecule has 0 saturated carbocycles. The smallest absolute Gasteiger partial charge is 0.120 e. The minimum atomic E-state index is 0. The van der Waals surface area contributed by atoms with Gasteiger partial charge in [-0.2, -0.15) is 0 Å². The number of benzene rings is 4. The van der Waals surface area contributed by atoms with Crippen molar-refractivity contribution in [3.63, 3.8) is 0 Å². The molecule has 0 aliphatic heterocycles. The molecule has 0 fully saturated rings. The molecule has 3 heterocycles. The molecule has 0 atom stereocenters. The summed E-state index contributed by atoms with van der Waals surface area (Å²) in [4.78, 5) is 30.5. The molecule has 0 spiro atoms. The predicted molar refractivity (Wildman–Crippen MR) is 282 cm³/mol. The van der Waals surface area contributed by atoms with Gasteiger partial charge in [0.2, 0.25) is 0 Å². The number of hydrogen-bond acceptors (Lipinski definition) is 6. The minimum Gasteiger partial charge on any atom is -0.242 e. The molecule has 6 aliphatic carbocycles. The van der Waals surface area contributed by atoms with Gasteiger partial charge >= 0.3 is 0 Å². The van der Waals surface area contributed by atoms with Gasteiger partial charge in [-0.15, -0.1) is 0 Å². The largest absolute Gasteiger partial charge is 0.242 e. The summed E-state index contributed by atoms with van der Waals surface area (Å²) in [6.07, 6.45) is 60.0. The number of hydrogen-bond donors (Lipinski definition) is 0. The normalized spacial score (nSPS) is 14.0. The first-order chi connectivity index (χ1) is 32.3. The van der Waals surface area contributed by atoms with Crippen molar-refractivity contribution in [2.75, 3.05) is 0 Å². The molecule has 9 heteroatoms. The van der Waals surface area contributed by atoms with Crippen LogP contribution in [0.4, 0.5) is 0 Å². The third kappa shape index (κ3) is 15.9. The van der Waals surface area contributed by atoms with Crippen molar-refractivity contribution in [3.05, 3.63) is 254 Å². The average Bonchev–Trinajstić information content (AvgIpc) is 4.18. The van der Waals surface area contributed by atoms with Crippen molar-refractivity contribution in [3.8, 4) is 0 Å². The zero-order chi connectivity index (χ0) is 46.1. The zero-order valence-electron chi connectivity index (χ0n) is 40.0. The standard InChI is InChI=1S/C30H24N6.6C5H5.3Ti/c1-13-7-19-20(8-14(13)2)32-26-25(31-19)27-29(35-22-10-16(4)15(3)9-21(22)33-27)30-28(26)34-23-11-17(5)18(6)12-24(23)36-30;6*1-2-4-5-3-1;;;/h7-12H,1-6H3;6*1-5H;;;. The third-order valence-electron chi connectivity index (χ3n) is 10.8. The quantitative estimate of drug-likeness (QED) is 0.0856. The van der Waals surface area contributed by atoms with E-state index in [0.29, 0.717) is 33.1 Å². The Morgan fingerprint density at radius 1 is 0.188 bits per heavy atom. The van der Waals surface area contributed by atoms with Crippen LogP contribution in [0, 0.1) is 80.1 Å². The maximum atomic E-state index is 5.08. The van der Waals surface area contributed by atoms with Gasteiger partial charge in [0, 0.05) is 104 Å². The van der Waals surface area contributed by atoms with Crippen molar-refractivity contribution in [1.29, 1.82) is 0 Å².